The number of hydrogen-bond acceptors (Lipinski definition) is 1. The quantitative estimate of drug-likeness (QED) is 0.375. The van der Waals surface area contributed by atoms with E-state index in [1.54, 1.807) is 0 Å². The van der Waals surface area contributed by atoms with Crippen LogP contribution >= 0.6 is 0 Å². The molecule has 0 N–H and O–H groups in total. The van der Waals surface area contributed by atoms with Crippen LogP contribution in [-0.4, -0.2) is 5.78 Å². The van der Waals surface area contributed by atoms with E-state index in [2.05, 4.69) is 6.07 Å². The minimum atomic E-state index is 0. The fourth-order valence-corrected chi connectivity index (χ4v) is 2.15. The Hall–Kier alpha value is -0.513. The largest absolute Gasteiger partial charge is 1.00 e. The summed E-state index contributed by atoms with van der Waals surface area (Å²) in [5.74, 6) is 0.616. The molecule has 0 bridgehead atoms. The summed E-state index contributed by atoms with van der Waals surface area (Å²) in [5, 5.41) is 0. The van der Waals surface area contributed by atoms with Crippen molar-refractivity contribution in [2.75, 3.05) is 0 Å². The van der Waals surface area contributed by atoms with Crippen LogP contribution in [0.2, 0.25) is 0 Å². The molecule has 1 nitrogen and oxygen atoms in total. The first-order valence-corrected chi connectivity index (χ1v) is 5.38. The Kier molecular flexibility index (Phi) is 5.15. The normalized spacial score (nSPS) is 16.8. The number of ketones is 1. The summed E-state index contributed by atoms with van der Waals surface area (Å²) in [6.45, 7) is 0. The second kappa shape index (κ2) is 6.15. The minimum Gasteiger partial charge on any atom is -0.296 e. The van der Waals surface area contributed by atoms with Gasteiger partial charge in [-0.05, 0) is 12.8 Å². The molecule has 0 spiro atoms. The summed E-state index contributed by atoms with van der Waals surface area (Å²) in [4.78, 5) is 12.0. The first-order chi connectivity index (χ1) is 6.88. The van der Waals surface area contributed by atoms with E-state index in [1.807, 2.05) is 24.3 Å². The van der Waals surface area contributed by atoms with Crippen LogP contribution in [-0.2, 0) is 0 Å². The third-order valence-corrected chi connectivity index (χ3v) is 2.98. The number of carbonyl (C=O) groups excluding carboxylic acids is 1. The molecule has 0 aliphatic heterocycles. The third-order valence-electron chi connectivity index (χ3n) is 2.98. The Bertz CT molecular complexity index is 302. The van der Waals surface area contributed by atoms with Gasteiger partial charge in [-0.2, -0.15) is 30.3 Å². The Morgan fingerprint density at radius 2 is 1.73 bits per heavy atom. The van der Waals surface area contributed by atoms with Crippen LogP contribution in [0, 0.1) is 12.0 Å². The van der Waals surface area contributed by atoms with Gasteiger partial charge in [0.05, 0.1) is 0 Å². The zero-order valence-corrected chi connectivity index (χ0v) is 9.33. The Labute approximate surface area is 103 Å². The molecule has 0 amide bonds. The summed E-state index contributed by atoms with van der Waals surface area (Å²) >= 11 is 0. The molecular weight excluding hydrogens is 179 g/mol. The molecule has 74 valence electrons. The molecule has 0 saturated heterocycles. The van der Waals surface area contributed by atoms with Crippen LogP contribution in [0.25, 0.3) is 0 Å². The van der Waals surface area contributed by atoms with Gasteiger partial charge in [0.15, 0.2) is 0 Å². The van der Waals surface area contributed by atoms with Crippen molar-refractivity contribution in [2.24, 2.45) is 5.92 Å². The van der Waals surface area contributed by atoms with Gasteiger partial charge in [0, 0.05) is 5.92 Å². The Balaban J connectivity index is 0.00000112. The Morgan fingerprint density at radius 1 is 1.13 bits per heavy atom. The van der Waals surface area contributed by atoms with Gasteiger partial charge < -0.3 is 0 Å². The fourth-order valence-electron chi connectivity index (χ4n) is 2.15. The monoisotopic (exact) mass is 194 g/mol. The average molecular weight is 194 g/mol. The number of Topliss-reactive ketones (excluding diaryl/α,β-unsaturated/α-hetero) is 1. The van der Waals surface area contributed by atoms with Gasteiger partial charge in [-0.3, -0.25) is 4.79 Å². The topological polar surface area (TPSA) is 17.1 Å². The zero-order valence-electron chi connectivity index (χ0n) is 9.33. The number of rotatable bonds is 2. The third kappa shape index (κ3) is 3.23. The van der Waals surface area contributed by atoms with E-state index in [0.717, 1.165) is 18.4 Å². The van der Waals surface area contributed by atoms with Gasteiger partial charge in [0.1, 0.15) is 5.78 Å². The molecule has 1 aliphatic carbocycles. The SMILES string of the molecule is O=C(c1cc[c-]cc1)C1CCCCC1.[Li+]. The van der Waals surface area contributed by atoms with Gasteiger partial charge in [0.2, 0.25) is 0 Å². The van der Waals surface area contributed by atoms with Crippen molar-refractivity contribution in [3.8, 4) is 0 Å². The minimum absolute atomic E-state index is 0. The second-order valence-electron chi connectivity index (χ2n) is 3.99. The van der Waals surface area contributed by atoms with Crippen molar-refractivity contribution in [2.45, 2.75) is 32.1 Å². The van der Waals surface area contributed by atoms with E-state index in [9.17, 15) is 4.79 Å². The first-order valence-electron chi connectivity index (χ1n) is 5.38. The van der Waals surface area contributed by atoms with Gasteiger partial charge in [-0.1, -0.05) is 24.8 Å². The molecule has 0 radical (unpaired) electrons. The summed E-state index contributed by atoms with van der Waals surface area (Å²) in [5.41, 5.74) is 0.857. The van der Waals surface area contributed by atoms with Crippen molar-refractivity contribution in [3.63, 3.8) is 0 Å². The summed E-state index contributed by atoms with van der Waals surface area (Å²) in [7, 11) is 0. The summed E-state index contributed by atoms with van der Waals surface area (Å²) in [6, 6.07) is 10.3. The van der Waals surface area contributed by atoms with E-state index >= 15 is 0 Å². The molecule has 1 aromatic carbocycles. The fraction of sp³-hybridized carbons (Fsp3) is 0.462. The number of carbonyl (C=O) groups is 1. The molecule has 2 rings (SSSR count). The average Bonchev–Trinajstić information content (AvgIpc) is 2.30. The van der Waals surface area contributed by atoms with Crippen molar-refractivity contribution < 1.29 is 23.7 Å². The molecule has 0 unspecified atom stereocenters. The van der Waals surface area contributed by atoms with Crippen molar-refractivity contribution in [1.82, 2.24) is 0 Å². The molecule has 0 heterocycles. The van der Waals surface area contributed by atoms with Crippen LogP contribution in [0.3, 0.4) is 0 Å². The van der Waals surface area contributed by atoms with Crippen LogP contribution in [0.4, 0.5) is 0 Å². The standard InChI is InChI=1S/C13H15O.Li/c14-13(11-7-3-1-4-8-11)12-9-5-2-6-10-12;/h5-6,9-11H,1,3-4,7-8H2;/q-1;+1. The van der Waals surface area contributed by atoms with Crippen molar-refractivity contribution in [1.29, 1.82) is 0 Å². The van der Waals surface area contributed by atoms with Crippen molar-refractivity contribution in [3.05, 3.63) is 35.9 Å². The molecule has 0 atom stereocenters. The smallest absolute Gasteiger partial charge is 0.296 e. The maximum Gasteiger partial charge on any atom is 1.00 e. The van der Waals surface area contributed by atoms with E-state index in [1.165, 1.54) is 19.3 Å². The van der Waals surface area contributed by atoms with Crippen LogP contribution in [0.5, 0.6) is 0 Å². The van der Waals surface area contributed by atoms with E-state index < -0.39 is 0 Å². The van der Waals surface area contributed by atoms with Gasteiger partial charge in [-0.25, -0.2) is 0 Å². The van der Waals surface area contributed by atoms with Crippen LogP contribution in [0.15, 0.2) is 24.3 Å². The predicted octanol–water partition coefficient (Wildman–Crippen LogP) is 0.254. The molecule has 1 aliphatic rings. The molecule has 1 aromatic rings. The number of hydrogen-bond donors (Lipinski definition) is 0. The Morgan fingerprint density at radius 3 is 2.33 bits per heavy atom. The molecular formula is C13H15LiO. The summed E-state index contributed by atoms with van der Waals surface area (Å²) in [6.07, 6.45) is 5.89. The van der Waals surface area contributed by atoms with Gasteiger partial charge >= 0.3 is 18.9 Å². The predicted molar refractivity (Wildman–Crippen MR) is 56.2 cm³/mol. The molecule has 0 aromatic heterocycles. The first kappa shape index (κ1) is 12.6. The molecule has 1 fully saturated rings. The van der Waals surface area contributed by atoms with Gasteiger partial charge in [0.25, 0.3) is 0 Å². The van der Waals surface area contributed by atoms with Gasteiger partial charge in [-0.15, -0.1) is 0 Å². The molecule has 2 heteroatoms. The van der Waals surface area contributed by atoms with Crippen molar-refractivity contribution >= 4 is 5.78 Å². The molecule has 15 heavy (non-hydrogen) atoms. The summed E-state index contributed by atoms with van der Waals surface area (Å²) < 4.78 is 0. The van der Waals surface area contributed by atoms with E-state index in [0.29, 0.717) is 5.78 Å². The molecule has 1 saturated carbocycles. The maximum atomic E-state index is 12.0. The van der Waals surface area contributed by atoms with E-state index in [-0.39, 0.29) is 24.8 Å². The zero-order chi connectivity index (χ0) is 9.80. The maximum absolute atomic E-state index is 12.0. The second-order valence-corrected chi connectivity index (χ2v) is 3.99. The number of benzene rings is 1. The van der Waals surface area contributed by atoms with Crippen LogP contribution < -0.4 is 18.9 Å². The van der Waals surface area contributed by atoms with E-state index in [4.69, 9.17) is 0 Å². The van der Waals surface area contributed by atoms with Crippen LogP contribution in [0.1, 0.15) is 42.5 Å².